The van der Waals surface area contributed by atoms with Crippen molar-refractivity contribution in [2.45, 2.75) is 45.7 Å². The molecule has 1 aliphatic rings. The molecule has 4 rings (SSSR count). The van der Waals surface area contributed by atoms with Gasteiger partial charge < -0.3 is 4.98 Å². The van der Waals surface area contributed by atoms with Crippen molar-refractivity contribution in [1.29, 1.82) is 0 Å². The molecule has 0 unspecified atom stereocenters. The maximum atomic E-state index is 11.2. The standard InChI is InChI=1S/C24H28N4O2/c1-24(2,3)22-19(20-5-4-11-25-23(20)26-22)10-12-28-14-17-8-6-16(13-18(17)15-28)7-9-21(29)27-30/h4-9,11,13,30H,10,12,14-15H2,1-3H3,(H,25,26)(H,27,29). The molecule has 156 valence electrons. The van der Waals surface area contributed by atoms with Gasteiger partial charge in [-0.15, -0.1) is 0 Å². The Bertz CT molecular complexity index is 1110. The lowest BCUT2D eigenvalue weighted by atomic mass is 9.88. The molecule has 3 aromatic rings. The van der Waals surface area contributed by atoms with E-state index in [2.05, 4.69) is 53.8 Å². The van der Waals surface area contributed by atoms with Crippen LogP contribution in [0, 0.1) is 0 Å². The Hall–Kier alpha value is -2.96. The van der Waals surface area contributed by atoms with E-state index in [1.165, 1.54) is 33.8 Å². The van der Waals surface area contributed by atoms with Gasteiger partial charge in [0, 0.05) is 48.4 Å². The molecule has 0 aliphatic carbocycles. The van der Waals surface area contributed by atoms with Crippen LogP contribution in [0.5, 0.6) is 0 Å². The number of pyridine rings is 1. The number of nitrogens with zero attached hydrogens (tertiary/aromatic N) is 2. The highest BCUT2D eigenvalue weighted by Gasteiger charge is 2.24. The summed E-state index contributed by atoms with van der Waals surface area (Å²) < 4.78 is 0. The Balaban J connectivity index is 1.49. The van der Waals surface area contributed by atoms with Crippen LogP contribution in [0.15, 0.2) is 42.6 Å². The van der Waals surface area contributed by atoms with Crippen molar-refractivity contribution >= 4 is 23.0 Å². The average molecular weight is 405 g/mol. The Kier molecular flexibility index (Phi) is 5.45. The van der Waals surface area contributed by atoms with Gasteiger partial charge in [-0.25, -0.2) is 10.5 Å². The van der Waals surface area contributed by atoms with Gasteiger partial charge in [-0.1, -0.05) is 39.0 Å². The van der Waals surface area contributed by atoms with Gasteiger partial charge in [0.25, 0.3) is 5.91 Å². The van der Waals surface area contributed by atoms with Crippen molar-refractivity contribution in [2.75, 3.05) is 6.54 Å². The Labute approximate surface area is 176 Å². The fourth-order valence-corrected chi connectivity index (χ4v) is 4.20. The molecule has 0 saturated heterocycles. The molecule has 0 atom stereocenters. The molecule has 6 nitrogen and oxygen atoms in total. The topological polar surface area (TPSA) is 81.2 Å². The molecule has 6 heteroatoms. The zero-order chi connectivity index (χ0) is 21.3. The van der Waals surface area contributed by atoms with Crippen LogP contribution in [-0.2, 0) is 29.7 Å². The molecule has 3 heterocycles. The predicted octanol–water partition coefficient (Wildman–Crippen LogP) is 3.94. The molecular formula is C24H28N4O2. The SMILES string of the molecule is CC(C)(C)c1[nH]c2ncccc2c1CCN1Cc2ccc(C=CC(=O)NO)cc2C1. The first kappa shape index (κ1) is 20.3. The number of aromatic amines is 1. The maximum Gasteiger partial charge on any atom is 0.267 e. The van der Waals surface area contributed by atoms with E-state index >= 15 is 0 Å². The number of aromatic nitrogens is 2. The second-order valence-corrected chi connectivity index (χ2v) is 8.93. The Morgan fingerprint density at radius 3 is 2.83 bits per heavy atom. The minimum atomic E-state index is -0.528. The molecular weight excluding hydrogens is 376 g/mol. The number of carbonyl (C=O) groups excluding carboxylic acids is 1. The zero-order valence-electron chi connectivity index (χ0n) is 17.7. The Morgan fingerprint density at radius 2 is 2.07 bits per heavy atom. The normalized spacial score (nSPS) is 14.5. The van der Waals surface area contributed by atoms with E-state index in [9.17, 15) is 4.79 Å². The molecule has 1 aromatic carbocycles. The third-order valence-corrected chi connectivity index (χ3v) is 5.66. The number of hydrogen-bond donors (Lipinski definition) is 3. The van der Waals surface area contributed by atoms with Crippen LogP contribution in [0.3, 0.4) is 0 Å². The highest BCUT2D eigenvalue weighted by atomic mass is 16.5. The third kappa shape index (κ3) is 4.15. The van der Waals surface area contributed by atoms with Crippen molar-refractivity contribution in [3.63, 3.8) is 0 Å². The summed E-state index contributed by atoms with van der Waals surface area (Å²) in [6, 6.07) is 10.4. The van der Waals surface area contributed by atoms with Crippen molar-refractivity contribution in [1.82, 2.24) is 20.3 Å². The van der Waals surface area contributed by atoms with E-state index in [0.717, 1.165) is 37.3 Å². The van der Waals surface area contributed by atoms with Crippen LogP contribution in [0.1, 0.15) is 48.7 Å². The number of hydroxylamine groups is 1. The van der Waals surface area contributed by atoms with Crippen LogP contribution in [0.25, 0.3) is 17.1 Å². The number of nitrogens with one attached hydrogen (secondary N) is 2. The first-order valence-electron chi connectivity index (χ1n) is 10.3. The minimum Gasteiger partial charge on any atom is -0.343 e. The predicted molar refractivity (Wildman–Crippen MR) is 118 cm³/mol. The monoisotopic (exact) mass is 404 g/mol. The molecule has 0 spiro atoms. The second kappa shape index (κ2) is 8.05. The van der Waals surface area contributed by atoms with Gasteiger partial charge in [-0.2, -0.15) is 0 Å². The molecule has 0 fully saturated rings. The largest absolute Gasteiger partial charge is 0.343 e. The van der Waals surface area contributed by atoms with Crippen molar-refractivity contribution in [3.05, 3.63) is 70.6 Å². The lowest BCUT2D eigenvalue weighted by Crippen LogP contribution is -2.21. The summed E-state index contributed by atoms with van der Waals surface area (Å²) in [5.41, 5.74) is 8.81. The van der Waals surface area contributed by atoms with Crippen LogP contribution in [0.2, 0.25) is 0 Å². The lowest BCUT2D eigenvalue weighted by molar-refractivity contribution is -0.124. The van der Waals surface area contributed by atoms with Gasteiger partial charge in [0.05, 0.1) is 0 Å². The lowest BCUT2D eigenvalue weighted by Gasteiger charge is -2.21. The molecule has 1 aliphatic heterocycles. The van der Waals surface area contributed by atoms with E-state index in [0.29, 0.717) is 0 Å². The summed E-state index contributed by atoms with van der Waals surface area (Å²) in [5, 5.41) is 9.83. The second-order valence-electron chi connectivity index (χ2n) is 8.93. The summed E-state index contributed by atoms with van der Waals surface area (Å²) in [6.07, 6.45) is 5.84. The molecule has 0 saturated carbocycles. The number of amides is 1. The average Bonchev–Trinajstić information content (AvgIpc) is 3.30. The summed E-state index contributed by atoms with van der Waals surface area (Å²) in [6.45, 7) is 9.51. The van der Waals surface area contributed by atoms with E-state index in [4.69, 9.17) is 5.21 Å². The summed E-state index contributed by atoms with van der Waals surface area (Å²) in [5.74, 6) is -0.528. The third-order valence-electron chi connectivity index (χ3n) is 5.66. The number of benzene rings is 1. The van der Waals surface area contributed by atoms with Gasteiger partial charge in [-0.05, 0) is 46.9 Å². The maximum absolute atomic E-state index is 11.2. The minimum absolute atomic E-state index is 0.0338. The van der Waals surface area contributed by atoms with Crippen LogP contribution < -0.4 is 5.48 Å². The highest BCUT2D eigenvalue weighted by molar-refractivity contribution is 5.90. The van der Waals surface area contributed by atoms with E-state index in [-0.39, 0.29) is 5.41 Å². The molecule has 0 radical (unpaired) electrons. The summed E-state index contributed by atoms with van der Waals surface area (Å²) in [4.78, 5) is 21.7. The quantitative estimate of drug-likeness (QED) is 0.342. The van der Waals surface area contributed by atoms with Gasteiger partial charge in [-0.3, -0.25) is 14.9 Å². The van der Waals surface area contributed by atoms with Crippen molar-refractivity contribution < 1.29 is 10.0 Å². The van der Waals surface area contributed by atoms with E-state index < -0.39 is 5.91 Å². The first-order chi connectivity index (χ1) is 14.3. The number of rotatable bonds is 5. The zero-order valence-corrected chi connectivity index (χ0v) is 17.7. The fraction of sp³-hybridized carbons (Fsp3) is 0.333. The van der Waals surface area contributed by atoms with Crippen LogP contribution >= 0.6 is 0 Å². The van der Waals surface area contributed by atoms with E-state index in [1.54, 1.807) is 11.6 Å². The first-order valence-corrected chi connectivity index (χ1v) is 10.3. The van der Waals surface area contributed by atoms with Crippen LogP contribution in [0.4, 0.5) is 0 Å². The summed E-state index contributed by atoms with van der Waals surface area (Å²) >= 11 is 0. The van der Waals surface area contributed by atoms with Crippen molar-refractivity contribution in [3.8, 4) is 0 Å². The number of H-pyrrole nitrogens is 1. The number of carbonyl (C=O) groups is 1. The smallest absolute Gasteiger partial charge is 0.267 e. The van der Waals surface area contributed by atoms with Crippen LogP contribution in [-0.4, -0.2) is 32.5 Å². The fourth-order valence-electron chi connectivity index (χ4n) is 4.20. The van der Waals surface area contributed by atoms with Gasteiger partial charge in [0.1, 0.15) is 5.65 Å². The van der Waals surface area contributed by atoms with Gasteiger partial charge in [0.15, 0.2) is 0 Å². The molecule has 1 amide bonds. The number of fused-ring (bicyclic) bond motifs is 2. The highest BCUT2D eigenvalue weighted by Crippen LogP contribution is 2.32. The number of hydrogen-bond acceptors (Lipinski definition) is 4. The van der Waals surface area contributed by atoms with Crippen molar-refractivity contribution in [2.24, 2.45) is 0 Å². The Morgan fingerprint density at radius 1 is 1.27 bits per heavy atom. The van der Waals surface area contributed by atoms with E-state index in [1.807, 2.05) is 18.3 Å². The summed E-state index contributed by atoms with van der Waals surface area (Å²) in [7, 11) is 0. The van der Waals surface area contributed by atoms with Gasteiger partial charge >= 0.3 is 0 Å². The molecule has 3 N–H and O–H groups in total. The van der Waals surface area contributed by atoms with Gasteiger partial charge in [0.2, 0.25) is 0 Å². The molecule has 30 heavy (non-hydrogen) atoms. The molecule has 0 bridgehead atoms. The molecule has 2 aromatic heterocycles.